The van der Waals surface area contributed by atoms with Gasteiger partial charge in [-0.25, -0.2) is 4.79 Å². The zero-order valence-corrected chi connectivity index (χ0v) is 21.6. The summed E-state index contributed by atoms with van der Waals surface area (Å²) >= 11 is 0. The summed E-state index contributed by atoms with van der Waals surface area (Å²) in [7, 11) is 0. The fourth-order valence-electron chi connectivity index (χ4n) is 7.48. The largest absolute Gasteiger partial charge is 0.508 e. The number of phenolic OH excluding ortho intramolecular Hbond substituents is 3. The van der Waals surface area contributed by atoms with E-state index in [1.807, 2.05) is 36.4 Å². The molecule has 3 aliphatic rings. The summed E-state index contributed by atoms with van der Waals surface area (Å²) in [5.41, 5.74) is 4.96. The Kier molecular flexibility index (Phi) is 6.17. The normalized spacial score (nSPS) is 27.9. The van der Waals surface area contributed by atoms with Crippen molar-refractivity contribution < 1.29 is 24.9 Å². The molecule has 0 aromatic heterocycles. The lowest BCUT2D eigenvalue weighted by Gasteiger charge is -2.50. The molecule has 0 radical (unpaired) electrons. The van der Waals surface area contributed by atoms with Crippen LogP contribution in [-0.2, 0) is 11.2 Å². The van der Waals surface area contributed by atoms with E-state index in [1.54, 1.807) is 18.2 Å². The smallest absolute Gasteiger partial charge is 0.338 e. The number of aryl methyl sites for hydroxylation is 1. The minimum absolute atomic E-state index is 0.00358. The number of esters is 1. The Labute approximate surface area is 223 Å². The maximum absolute atomic E-state index is 13.1. The Morgan fingerprint density at radius 1 is 0.868 bits per heavy atom. The third kappa shape index (κ3) is 4.34. The van der Waals surface area contributed by atoms with E-state index < -0.39 is 0 Å². The van der Waals surface area contributed by atoms with Gasteiger partial charge in [-0.3, -0.25) is 0 Å². The molecule has 5 heteroatoms. The van der Waals surface area contributed by atoms with Crippen LogP contribution in [0, 0.1) is 17.3 Å². The van der Waals surface area contributed by atoms with E-state index in [-0.39, 0.29) is 29.0 Å². The number of hydrogen-bond donors (Lipinski definition) is 3. The van der Waals surface area contributed by atoms with Crippen LogP contribution in [-0.4, -0.2) is 27.4 Å². The van der Waals surface area contributed by atoms with E-state index in [0.29, 0.717) is 29.1 Å². The number of aromatic hydroxyl groups is 3. The van der Waals surface area contributed by atoms with Crippen molar-refractivity contribution in [1.29, 1.82) is 0 Å². The van der Waals surface area contributed by atoms with E-state index in [2.05, 4.69) is 13.0 Å². The van der Waals surface area contributed by atoms with E-state index in [0.717, 1.165) is 49.7 Å². The summed E-state index contributed by atoms with van der Waals surface area (Å²) in [4.78, 5) is 13.1. The summed E-state index contributed by atoms with van der Waals surface area (Å²) in [5.74, 6) is 1.49. The van der Waals surface area contributed by atoms with Gasteiger partial charge in [0.1, 0.15) is 11.9 Å². The standard InChI is InChI=1S/C33H34O5/c1-33-17-16-26-25-12-10-24(34)19-23(25)9-11-27(26)28(33)13-15-31(33)38-32(37)22-7-4-20(5-8-22)2-3-21-6-14-29(35)30(36)18-21/h2-8,10,12,14,18-19,26-28,31,34-36H,9,11,13,15-17H2,1H3/b3-2+. The molecule has 196 valence electrons. The number of fused-ring (bicyclic) bond motifs is 5. The fourth-order valence-corrected chi connectivity index (χ4v) is 7.48. The van der Waals surface area contributed by atoms with Gasteiger partial charge in [0.2, 0.25) is 0 Å². The molecule has 5 unspecified atom stereocenters. The number of rotatable bonds is 4. The van der Waals surface area contributed by atoms with Crippen LogP contribution < -0.4 is 0 Å². The Morgan fingerprint density at radius 2 is 1.63 bits per heavy atom. The molecule has 6 rings (SSSR count). The van der Waals surface area contributed by atoms with E-state index in [4.69, 9.17) is 4.74 Å². The molecule has 0 saturated heterocycles. The Bertz CT molecular complexity index is 1390. The lowest BCUT2D eigenvalue weighted by atomic mass is 9.55. The van der Waals surface area contributed by atoms with Crippen molar-refractivity contribution in [2.75, 3.05) is 0 Å². The summed E-state index contributed by atoms with van der Waals surface area (Å²) < 4.78 is 6.19. The van der Waals surface area contributed by atoms with Gasteiger partial charge in [0, 0.05) is 5.41 Å². The van der Waals surface area contributed by atoms with Gasteiger partial charge in [-0.15, -0.1) is 0 Å². The lowest BCUT2D eigenvalue weighted by Crippen LogP contribution is -2.45. The van der Waals surface area contributed by atoms with Gasteiger partial charge in [0.15, 0.2) is 11.5 Å². The molecule has 0 amide bonds. The average Bonchev–Trinajstić information content (AvgIpc) is 3.25. The van der Waals surface area contributed by atoms with Crippen molar-refractivity contribution in [2.24, 2.45) is 17.3 Å². The van der Waals surface area contributed by atoms with Crippen molar-refractivity contribution in [3.05, 3.63) is 88.5 Å². The number of hydrogen-bond acceptors (Lipinski definition) is 5. The first kappa shape index (κ1) is 24.6. The summed E-state index contributed by atoms with van der Waals surface area (Å²) in [5, 5.41) is 29.1. The second-order valence-electron chi connectivity index (χ2n) is 11.5. The van der Waals surface area contributed by atoms with Gasteiger partial charge in [0.05, 0.1) is 5.56 Å². The highest BCUT2D eigenvalue weighted by Crippen LogP contribution is 2.61. The molecule has 0 spiro atoms. The monoisotopic (exact) mass is 510 g/mol. The topological polar surface area (TPSA) is 87.0 Å². The SMILES string of the molecule is CC12CCC3c4ccc(O)cc4CCC3C1CCC2OC(=O)c1ccc(/C=C/c2ccc(O)c(O)c2)cc1. The van der Waals surface area contributed by atoms with E-state index in [1.165, 1.54) is 23.3 Å². The van der Waals surface area contributed by atoms with Gasteiger partial charge in [-0.2, -0.15) is 0 Å². The highest BCUT2D eigenvalue weighted by Gasteiger charge is 2.56. The second kappa shape index (κ2) is 9.54. The second-order valence-corrected chi connectivity index (χ2v) is 11.5. The Hall–Kier alpha value is -3.73. The summed E-state index contributed by atoms with van der Waals surface area (Å²) in [6.45, 7) is 2.33. The summed E-state index contributed by atoms with van der Waals surface area (Å²) in [6, 6.07) is 17.9. The predicted octanol–water partition coefficient (Wildman–Crippen LogP) is 7.06. The first-order valence-corrected chi connectivity index (χ1v) is 13.6. The maximum Gasteiger partial charge on any atom is 0.338 e. The maximum atomic E-state index is 13.1. The van der Waals surface area contributed by atoms with Crippen molar-refractivity contribution in [3.63, 3.8) is 0 Å². The molecule has 0 bridgehead atoms. The quantitative estimate of drug-likeness (QED) is 0.199. The van der Waals surface area contributed by atoms with Crippen LogP contribution in [0.25, 0.3) is 12.2 Å². The van der Waals surface area contributed by atoms with Crippen molar-refractivity contribution in [3.8, 4) is 17.2 Å². The third-order valence-corrected chi connectivity index (χ3v) is 9.49. The number of benzene rings is 3. The van der Waals surface area contributed by atoms with Gasteiger partial charge in [-0.05, 0) is 115 Å². The zero-order chi connectivity index (χ0) is 26.4. The molecule has 3 aliphatic carbocycles. The van der Waals surface area contributed by atoms with Gasteiger partial charge in [-0.1, -0.05) is 43.3 Å². The van der Waals surface area contributed by atoms with Crippen molar-refractivity contribution in [1.82, 2.24) is 0 Å². The van der Waals surface area contributed by atoms with Gasteiger partial charge < -0.3 is 20.1 Å². The van der Waals surface area contributed by atoms with Crippen LogP contribution >= 0.6 is 0 Å². The molecule has 3 N–H and O–H groups in total. The minimum Gasteiger partial charge on any atom is -0.508 e. The van der Waals surface area contributed by atoms with E-state index >= 15 is 0 Å². The molecule has 38 heavy (non-hydrogen) atoms. The molecule has 5 atom stereocenters. The molecular weight excluding hydrogens is 476 g/mol. The van der Waals surface area contributed by atoms with E-state index in [9.17, 15) is 20.1 Å². The van der Waals surface area contributed by atoms with Crippen molar-refractivity contribution >= 4 is 18.1 Å². The minimum atomic E-state index is -0.262. The first-order chi connectivity index (χ1) is 18.3. The van der Waals surface area contributed by atoms with Crippen molar-refractivity contribution in [2.45, 2.75) is 57.5 Å². The average molecular weight is 511 g/mol. The molecule has 0 aliphatic heterocycles. The molecule has 2 saturated carbocycles. The van der Waals surface area contributed by atoms with Crippen LogP contribution in [0.4, 0.5) is 0 Å². The molecule has 0 heterocycles. The van der Waals surface area contributed by atoms with Crippen LogP contribution in [0.5, 0.6) is 17.2 Å². The lowest BCUT2D eigenvalue weighted by molar-refractivity contribution is -0.0427. The number of ether oxygens (including phenoxy) is 1. The van der Waals surface area contributed by atoms with Crippen LogP contribution in [0.2, 0.25) is 0 Å². The molecule has 2 fully saturated rings. The van der Waals surface area contributed by atoms with Gasteiger partial charge in [0.25, 0.3) is 0 Å². The van der Waals surface area contributed by atoms with Crippen LogP contribution in [0.15, 0.2) is 60.7 Å². The van der Waals surface area contributed by atoms with Gasteiger partial charge >= 0.3 is 5.97 Å². The molecule has 3 aromatic carbocycles. The molecule has 5 nitrogen and oxygen atoms in total. The summed E-state index contributed by atoms with van der Waals surface area (Å²) in [6.07, 6.45) is 9.98. The number of phenols is 3. The first-order valence-electron chi connectivity index (χ1n) is 13.6. The predicted molar refractivity (Wildman–Crippen MR) is 147 cm³/mol. The number of carbonyl (C=O) groups excluding carboxylic acids is 1. The van der Waals surface area contributed by atoms with Crippen LogP contribution in [0.1, 0.15) is 77.6 Å². The van der Waals surface area contributed by atoms with Crippen LogP contribution in [0.3, 0.4) is 0 Å². The Morgan fingerprint density at radius 3 is 2.42 bits per heavy atom. The Balaban J connectivity index is 1.12. The highest BCUT2D eigenvalue weighted by atomic mass is 16.5. The molecular formula is C33H34O5. The third-order valence-electron chi connectivity index (χ3n) is 9.49. The number of carbonyl (C=O) groups is 1. The zero-order valence-electron chi connectivity index (χ0n) is 21.6. The highest BCUT2D eigenvalue weighted by molar-refractivity contribution is 5.90. The molecule has 3 aromatic rings. The fraction of sp³-hybridized carbons (Fsp3) is 0.364.